The van der Waals surface area contributed by atoms with Gasteiger partial charge >= 0.3 is 5.97 Å². The molecule has 1 aromatic rings. The molecule has 0 saturated heterocycles. The summed E-state index contributed by atoms with van der Waals surface area (Å²) in [7, 11) is 0. The summed E-state index contributed by atoms with van der Waals surface area (Å²) in [6.45, 7) is 16.2. The molecular formula is C28H38O2. The van der Waals surface area contributed by atoms with E-state index in [1.165, 1.54) is 40.7 Å². The summed E-state index contributed by atoms with van der Waals surface area (Å²) < 4.78 is 5.01. The second-order valence-electron chi connectivity index (χ2n) is 10.3. The zero-order valence-corrected chi connectivity index (χ0v) is 19.9. The van der Waals surface area contributed by atoms with E-state index in [0.717, 1.165) is 18.4 Å². The van der Waals surface area contributed by atoms with Crippen molar-refractivity contribution in [2.75, 3.05) is 6.61 Å². The molecule has 2 aliphatic carbocycles. The molecule has 0 amide bonds. The monoisotopic (exact) mass is 406 g/mol. The molecule has 162 valence electrons. The highest BCUT2D eigenvalue weighted by Crippen LogP contribution is 2.50. The van der Waals surface area contributed by atoms with Crippen LogP contribution in [0.4, 0.5) is 0 Å². The van der Waals surface area contributed by atoms with Crippen LogP contribution in [-0.2, 0) is 20.4 Å². The third-order valence-electron chi connectivity index (χ3n) is 7.28. The zero-order valence-electron chi connectivity index (χ0n) is 19.9. The van der Waals surface area contributed by atoms with Gasteiger partial charge in [-0.25, -0.2) is 4.79 Å². The van der Waals surface area contributed by atoms with Crippen LogP contribution in [0.15, 0.2) is 47.6 Å². The van der Waals surface area contributed by atoms with Gasteiger partial charge in [0.2, 0.25) is 0 Å². The Labute approximate surface area is 183 Å². The highest BCUT2D eigenvalue weighted by Gasteiger charge is 2.42. The fourth-order valence-corrected chi connectivity index (χ4v) is 5.18. The summed E-state index contributed by atoms with van der Waals surface area (Å²) in [5, 5.41) is 0. The second-order valence-corrected chi connectivity index (χ2v) is 10.3. The van der Waals surface area contributed by atoms with E-state index in [9.17, 15) is 4.79 Å². The van der Waals surface area contributed by atoms with Crippen LogP contribution in [0.3, 0.4) is 0 Å². The number of fused-ring (bicyclic) bond motifs is 1. The molecule has 2 heteroatoms. The maximum Gasteiger partial charge on any atom is 0.330 e. The van der Waals surface area contributed by atoms with Crippen LogP contribution in [0.25, 0.3) is 5.57 Å². The van der Waals surface area contributed by atoms with Crippen molar-refractivity contribution in [3.05, 3.63) is 64.3 Å². The summed E-state index contributed by atoms with van der Waals surface area (Å²) in [5.74, 6) is 0.386. The fourth-order valence-electron chi connectivity index (χ4n) is 5.18. The first-order chi connectivity index (χ1) is 14.1. The SMILES string of the molecule is CCOC(=O)/C=C(C)/C=C/C1=C(c2ccc3c(c2)C(C)(C)C(C)CC3(C)C)CCC1. The molecule has 0 N–H and O–H groups in total. The van der Waals surface area contributed by atoms with Crippen molar-refractivity contribution in [1.29, 1.82) is 0 Å². The number of allylic oxidation sites excluding steroid dienone is 5. The van der Waals surface area contributed by atoms with E-state index in [0.29, 0.717) is 12.5 Å². The van der Waals surface area contributed by atoms with Gasteiger partial charge in [-0.05, 0) is 89.7 Å². The van der Waals surface area contributed by atoms with Gasteiger partial charge in [0.25, 0.3) is 0 Å². The van der Waals surface area contributed by atoms with Crippen LogP contribution in [0.1, 0.15) is 90.8 Å². The first kappa shape index (κ1) is 22.6. The molecule has 0 radical (unpaired) electrons. The van der Waals surface area contributed by atoms with Gasteiger partial charge in [0.15, 0.2) is 0 Å². The average Bonchev–Trinajstić information content (AvgIpc) is 3.13. The lowest BCUT2D eigenvalue weighted by Crippen LogP contribution is -2.40. The van der Waals surface area contributed by atoms with Gasteiger partial charge in [-0.15, -0.1) is 0 Å². The molecule has 1 unspecified atom stereocenters. The molecule has 1 atom stereocenters. The van der Waals surface area contributed by atoms with Gasteiger partial charge in [0, 0.05) is 6.08 Å². The lowest BCUT2D eigenvalue weighted by molar-refractivity contribution is -0.137. The Bertz CT molecular complexity index is 909. The van der Waals surface area contributed by atoms with Crippen LogP contribution in [0.2, 0.25) is 0 Å². The predicted octanol–water partition coefficient (Wildman–Crippen LogP) is 7.28. The molecule has 1 aromatic carbocycles. The molecule has 0 spiro atoms. The van der Waals surface area contributed by atoms with Crippen LogP contribution in [0, 0.1) is 5.92 Å². The summed E-state index contributed by atoms with van der Waals surface area (Å²) in [4.78, 5) is 11.7. The van der Waals surface area contributed by atoms with E-state index in [2.05, 4.69) is 58.9 Å². The van der Waals surface area contributed by atoms with E-state index in [1.807, 2.05) is 19.9 Å². The predicted molar refractivity (Wildman–Crippen MR) is 127 cm³/mol. The molecular weight excluding hydrogens is 368 g/mol. The summed E-state index contributed by atoms with van der Waals surface area (Å²) in [6.07, 6.45) is 10.5. The number of carbonyl (C=O) groups excluding carboxylic acids is 1. The van der Waals surface area contributed by atoms with E-state index < -0.39 is 0 Å². The first-order valence-corrected chi connectivity index (χ1v) is 11.5. The van der Waals surface area contributed by atoms with Gasteiger partial charge in [0.05, 0.1) is 6.61 Å². The topological polar surface area (TPSA) is 26.3 Å². The Hall–Kier alpha value is -2.09. The standard InChI is InChI=1S/C28H38O2/c1-8-30-26(29)16-19(2)12-13-21-10-9-11-23(21)22-14-15-24-25(17-22)28(6,7)20(3)18-27(24,4)5/h12-17,20H,8-11,18H2,1-7H3/b13-12+,19-16+. The van der Waals surface area contributed by atoms with Gasteiger partial charge in [-0.1, -0.05) is 65.0 Å². The molecule has 30 heavy (non-hydrogen) atoms. The fraction of sp³-hybridized carbons (Fsp3) is 0.536. The second kappa shape index (κ2) is 8.57. The molecule has 3 rings (SSSR count). The number of hydrogen-bond acceptors (Lipinski definition) is 2. The minimum Gasteiger partial charge on any atom is -0.463 e. The van der Waals surface area contributed by atoms with Gasteiger partial charge in [-0.3, -0.25) is 0 Å². The third-order valence-corrected chi connectivity index (χ3v) is 7.28. The lowest BCUT2D eigenvalue weighted by atomic mass is 9.58. The van der Waals surface area contributed by atoms with Crippen molar-refractivity contribution in [3.63, 3.8) is 0 Å². The minimum atomic E-state index is -0.270. The van der Waals surface area contributed by atoms with Crippen molar-refractivity contribution in [2.24, 2.45) is 5.92 Å². The van der Waals surface area contributed by atoms with E-state index in [4.69, 9.17) is 4.74 Å². The minimum absolute atomic E-state index is 0.189. The number of esters is 1. The Balaban J connectivity index is 1.96. The maximum absolute atomic E-state index is 11.7. The summed E-state index contributed by atoms with van der Waals surface area (Å²) in [6, 6.07) is 7.20. The highest BCUT2D eigenvalue weighted by molar-refractivity contribution is 5.83. The van der Waals surface area contributed by atoms with Crippen molar-refractivity contribution >= 4 is 11.5 Å². The van der Waals surface area contributed by atoms with Crippen LogP contribution in [0.5, 0.6) is 0 Å². The Morgan fingerprint density at radius 3 is 2.60 bits per heavy atom. The normalized spacial score (nSPS) is 23.0. The van der Waals surface area contributed by atoms with Crippen LogP contribution in [-0.4, -0.2) is 12.6 Å². The molecule has 0 bridgehead atoms. The Morgan fingerprint density at radius 2 is 1.90 bits per heavy atom. The van der Waals surface area contributed by atoms with Crippen LogP contribution >= 0.6 is 0 Å². The molecule has 2 aliphatic rings. The highest BCUT2D eigenvalue weighted by atomic mass is 16.5. The third kappa shape index (κ3) is 4.48. The van der Waals surface area contributed by atoms with E-state index >= 15 is 0 Å². The van der Waals surface area contributed by atoms with Gasteiger partial charge < -0.3 is 4.74 Å². The maximum atomic E-state index is 11.7. The molecule has 2 nitrogen and oxygen atoms in total. The zero-order chi connectivity index (χ0) is 22.1. The first-order valence-electron chi connectivity index (χ1n) is 11.5. The molecule has 0 heterocycles. The van der Waals surface area contributed by atoms with E-state index in [1.54, 1.807) is 6.08 Å². The smallest absolute Gasteiger partial charge is 0.330 e. The molecule has 0 aliphatic heterocycles. The summed E-state index contributed by atoms with van der Waals surface area (Å²) in [5.41, 5.74) is 8.60. The van der Waals surface area contributed by atoms with Crippen molar-refractivity contribution in [1.82, 2.24) is 0 Å². The number of carbonyl (C=O) groups is 1. The molecule has 0 saturated carbocycles. The average molecular weight is 407 g/mol. The largest absolute Gasteiger partial charge is 0.463 e. The number of ether oxygens (including phenoxy) is 1. The van der Waals surface area contributed by atoms with Crippen molar-refractivity contribution < 1.29 is 9.53 Å². The Kier molecular flexibility index (Phi) is 6.45. The van der Waals surface area contributed by atoms with Gasteiger partial charge in [0.1, 0.15) is 0 Å². The number of rotatable bonds is 5. The number of hydrogen-bond donors (Lipinski definition) is 0. The lowest BCUT2D eigenvalue weighted by Gasteiger charge is -2.46. The van der Waals surface area contributed by atoms with Gasteiger partial charge in [-0.2, -0.15) is 0 Å². The Morgan fingerprint density at radius 1 is 1.17 bits per heavy atom. The van der Waals surface area contributed by atoms with Crippen molar-refractivity contribution in [2.45, 2.75) is 85.0 Å². The van der Waals surface area contributed by atoms with Crippen molar-refractivity contribution in [3.8, 4) is 0 Å². The van der Waals surface area contributed by atoms with E-state index in [-0.39, 0.29) is 16.8 Å². The summed E-state index contributed by atoms with van der Waals surface area (Å²) >= 11 is 0. The number of benzene rings is 1. The quantitative estimate of drug-likeness (QED) is 0.292. The molecule has 0 fully saturated rings. The van der Waals surface area contributed by atoms with Crippen LogP contribution < -0.4 is 0 Å². The molecule has 0 aromatic heterocycles.